The van der Waals surface area contributed by atoms with Crippen LogP contribution in [0.25, 0.3) is 0 Å². The summed E-state index contributed by atoms with van der Waals surface area (Å²) in [4.78, 5) is 0. The summed E-state index contributed by atoms with van der Waals surface area (Å²) in [5.74, 6) is 0. The van der Waals surface area contributed by atoms with Crippen LogP contribution >= 0.6 is 0 Å². The van der Waals surface area contributed by atoms with Crippen LogP contribution in [0.15, 0.2) is 36.5 Å². The number of fused-ring (bicyclic) bond motifs is 1. The molecule has 3 rings (SSSR count). The van der Waals surface area contributed by atoms with Gasteiger partial charge in [-0.15, -0.1) is 0 Å². The minimum atomic E-state index is 0.193. The first-order valence-corrected chi connectivity index (χ1v) is 5.67. The highest BCUT2D eigenvalue weighted by atomic mass is 15.4. The van der Waals surface area contributed by atoms with Gasteiger partial charge in [0.25, 0.3) is 0 Å². The lowest BCUT2D eigenvalue weighted by Gasteiger charge is -2.27. The molecule has 0 spiro atoms. The van der Waals surface area contributed by atoms with E-state index in [9.17, 15) is 0 Å². The second kappa shape index (κ2) is 3.76. The first-order chi connectivity index (χ1) is 7.84. The van der Waals surface area contributed by atoms with E-state index in [1.54, 1.807) is 0 Å². The third-order valence-corrected chi connectivity index (χ3v) is 3.09. The summed E-state index contributed by atoms with van der Waals surface area (Å²) in [7, 11) is 0. The molecule has 1 unspecified atom stereocenters. The third-order valence-electron chi connectivity index (χ3n) is 3.09. The van der Waals surface area contributed by atoms with Gasteiger partial charge in [0.05, 0.1) is 5.69 Å². The van der Waals surface area contributed by atoms with E-state index in [-0.39, 0.29) is 6.17 Å². The zero-order valence-corrected chi connectivity index (χ0v) is 9.35. The van der Waals surface area contributed by atoms with Crippen LogP contribution in [0.1, 0.15) is 23.0 Å². The fraction of sp³-hybridized carbons (Fsp3) is 0.308. The van der Waals surface area contributed by atoms with Gasteiger partial charge in [0.1, 0.15) is 6.17 Å². The van der Waals surface area contributed by atoms with Gasteiger partial charge in [-0.1, -0.05) is 24.3 Å². The van der Waals surface area contributed by atoms with Crippen LogP contribution in [0.2, 0.25) is 0 Å². The molecule has 3 nitrogen and oxygen atoms in total. The minimum Gasteiger partial charge on any atom is -0.292 e. The summed E-state index contributed by atoms with van der Waals surface area (Å²) in [5, 5.41) is 7.99. The van der Waals surface area contributed by atoms with Gasteiger partial charge in [-0.05, 0) is 30.5 Å². The van der Waals surface area contributed by atoms with Gasteiger partial charge in [-0.25, -0.2) is 0 Å². The summed E-state index contributed by atoms with van der Waals surface area (Å²) < 4.78 is 2.01. The van der Waals surface area contributed by atoms with Crippen LogP contribution in [0.5, 0.6) is 0 Å². The molecule has 1 aromatic heterocycles. The zero-order valence-electron chi connectivity index (χ0n) is 9.35. The van der Waals surface area contributed by atoms with Crippen LogP contribution in [-0.4, -0.2) is 16.3 Å². The molecule has 1 atom stereocenters. The summed E-state index contributed by atoms with van der Waals surface area (Å²) in [6.45, 7) is 3.03. The number of nitrogens with one attached hydrogen (secondary N) is 1. The molecule has 0 saturated carbocycles. The van der Waals surface area contributed by atoms with Crippen molar-refractivity contribution in [2.24, 2.45) is 0 Å². The lowest BCUT2D eigenvalue weighted by molar-refractivity contribution is 0.409. The van der Waals surface area contributed by atoms with Crippen molar-refractivity contribution in [3.8, 4) is 0 Å². The Bertz CT molecular complexity index is 501. The molecular weight excluding hydrogens is 198 g/mol. The highest BCUT2D eigenvalue weighted by Gasteiger charge is 2.20. The largest absolute Gasteiger partial charge is 0.292 e. The Morgan fingerprint density at radius 3 is 3.00 bits per heavy atom. The molecular formula is C13H15N3. The lowest BCUT2D eigenvalue weighted by atomic mass is 9.99. The third kappa shape index (κ3) is 1.53. The number of benzene rings is 1. The van der Waals surface area contributed by atoms with Gasteiger partial charge in [0.15, 0.2) is 0 Å². The first kappa shape index (κ1) is 9.60. The molecule has 0 fully saturated rings. The van der Waals surface area contributed by atoms with Crippen molar-refractivity contribution in [3.63, 3.8) is 0 Å². The van der Waals surface area contributed by atoms with E-state index in [0.717, 1.165) is 18.7 Å². The predicted molar refractivity (Wildman–Crippen MR) is 63.3 cm³/mol. The molecule has 1 aliphatic heterocycles. The molecule has 0 saturated heterocycles. The molecule has 0 radical (unpaired) electrons. The summed E-state index contributed by atoms with van der Waals surface area (Å²) >= 11 is 0. The van der Waals surface area contributed by atoms with E-state index in [4.69, 9.17) is 0 Å². The monoisotopic (exact) mass is 213 g/mol. The molecule has 0 bridgehead atoms. The second-order valence-corrected chi connectivity index (χ2v) is 4.24. The average Bonchev–Trinajstić information content (AvgIpc) is 2.75. The van der Waals surface area contributed by atoms with E-state index >= 15 is 0 Å². The number of hydrogen-bond donors (Lipinski definition) is 1. The number of rotatable bonds is 1. The van der Waals surface area contributed by atoms with Gasteiger partial charge in [0, 0.05) is 12.7 Å². The Labute approximate surface area is 95.1 Å². The van der Waals surface area contributed by atoms with E-state index in [1.165, 1.54) is 11.1 Å². The second-order valence-electron chi connectivity index (χ2n) is 4.24. The standard InChI is InChI=1S/C13H15N3/c1-10-7-9-16(15-10)13-12-5-3-2-4-11(12)6-8-14-13/h2-5,7,9,13-14H,6,8H2,1H3. The summed E-state index contributed by atoms with van der Waals surface area (Å²) in [6, 6.07) is 10.6. The molecule has 0 amide bonds. The predicted octanol–water partition coefficient (Wildman–Crippen LogP) is 1.88. The minimum absolute atomic E-state index is 0.193. The first-order valence-electron chi connectivity index (χ1n) is 5.67. The summed E-state index contributed by atoms with van der Waals surface area (Å²) in [6.07, 6.45) is 3.33. The maximum Gasteiger partial charge on any atom is 0.127 e. The Balaban J connectivity index is 2.04. The molecule has 1 aliphatic rings. The van der Waals surface area contributed by atoms with Crippen molar-refractivity contribution in [2.45, 2.75) is 19.5 Å². The molecule has 1 aromatic carbocycles. The Kier molecular flexibility index (Phi) is 2.26. The van der Waals surface area contributed by atoms with Crippen LogP contribution in [0.3, 0.4) is 0 Å². The fourth-order valence-corrected chi connectivity index (χ4v) is 2.30. The number of aryl methyl sites for hydroxylation is 1. The molecule has 2 aromatic rings. The van der Waals surface area contributed by atoms with Gasteiger partial charge in [0.2, 0.25) is 0 Å². The van der Waals surface area contributed by atoms with Crippen molar-refractivity contribution in [3.05, 3.63) is 53.3 Å². The van der Waals surface area contributed by atoms with Crippen LogP contribution in [0.4, 0.5) is 0 Å². The molecule has 1 N–H and O–H groups in total. The molecule has 16 heavy (non-hydrogen) atoms. The maximum atomic E-state index is 4.49. The molecule has 2 heterocycles. The maximum absolute atomic E-state index is 4.49. The smallest absolute Gasteiger partial charge is 0.127 e. The van der Waals surface area contributed by atoms with Crippen molar-refractivity contribution in [2.75, 3.05) is 6.54 Å². The molecule has 3 heteroatoms. The lowest BCUT2D eigenvalue weighted by Crippen LogP contribution is -2.34. The molecule has 0 aliphatic carbocycles. The van der Waals surface area contributed by atoms with Gasteiger partial charge < -0.3 is 0 Å². The van der Waals surface area contributed by atoms with Crippen molar-refractivity contribution in [1.29, 1.82) is 0 Å². The highest BCUT2D eigenvalue weighted by Crippen LogP contribution is 2.23. The van der Waals surface area contributed by atoms with Crippen molar-refractivity contribution >= 4 is 0 Å². The Morgan fingerprint density at radius 2 is 2.19 bits per heavy atom. The fourth-order valence-electron chi connectivity index (χ4n) is 2.30. The summed E-state index contributed by atoms with van der Waals surface area (Å²) in [5.41, 5.74) is 3.83. The Morgan fingerprint density at radius 1 is 1.31 bits per heavy atom. The van der Waals surface area contributed by atoms with Crippen LogP contribution in [-0.2, 0) is 6.42 Å². The van der Waals surface area contributed by atoms with Crippen molar-refractivity contribution < 1.29 is 0 Å². The molecule has 82 valence electrons. The zero-order chi connectivity index (χ0) is 11.0. The van der Waals surface area contributed by atoms with Gasteiger partial charge >= 0.3 is 0 Å². The van der Waals surface area contributed by atoms with Crippen LogP contribution in [0, 0.1) is 6.92 Å². The van der Waals surface area contributed by atoms with Gasteiger partial charge in [-0.3, -0.25) is 10.00 Å². The number of aromatic nitrogens is 2. The average molecular weight is 213 g/mol. The van der Waals surface area contributed by atoms with E-state index < -0.39 is 0 Å². The number of nitrogens with zero attached hydrogens (tertiary/aromatic N) is 2. The van der Waals surface area contributed by atoms with Crippen molar-refractivity contribution in [1.82, 2.24) is 15.1 Å². The van der Waals surface area contributed by atoms with Gasteiger partial charge in [-0.2, -0.15) is 5.10 Å². The van der Waals surface area contributed by atoms with E-state index in [1.807, 2.05) is 23.9 Å². The van der Waals surface area contributed by atoms with Crippen LogP contribution < -0.4 is 5.32 Å². The SMILES string of the molecule is Cc1ccn(C2NCCc3ccccc32)n1. The quantitative estimate of drug-likeness (QED) is 0.784. The topological polar surface area (TPSA) is 29.9 Å². The number of hydrogen-bond acceptors (Lipinski definition) is 2. The van der Waals surface area contributed by atoms with E-state index in [2.05, 4.69) is 34.7 Å². The highest BCUT2D eigenvalue weighted by molar-refractivity contribution is 5.32. The van der Waals surface area contributed by atoms with E-state index in [0.29, 0.717) is 0 Å². The Hall–Kier alpha value is -1.61. The normalized spacial score (nSPS) is 19.4.